The summed E-state index contributed by atoms with van der Waals surface area (Å²) in [5, 5.41) is 0.733. The van der Waals surface area contributed by atoms with E-state index in [9.17, 15) is 0 Å². The molecule has 0 aliphatic rings. The van der Waals surface area contributed by atoms with E-state index in [0.29, 0.717) is 0 Å². The van der Waals surface area contributed by atoms with Gasteiger partial charge in [-0.05, 0) is 26.0 Å². The van der Waals surface area contributed by atoms with E-state index < -0.39 is 0 Å². The molecule has 0 saturated carbocycles. The second kappa shape index (κ2) is 5.83. The largest absolute Gasteiger partial charge is 0.357 e. The van der Waals surface area contributed by atoms with E-state index in [-0.39, 0.29) is 0 Å². The summed E-state index contributed by atoms with van der Waals surface area (Å²) in [5.41, 5.74) is 1.97. The van der Waals surface area contributed by atoms with Gasteiger partial charge in [-0.2, -0.15) is 0 Å². The lowest BCUT2D eigenvalue weighted by atomic mass is 10.1. The van der Waals surface area contributed by atoms with Crippen LogP contribution in [0.5, 0.6) is 0 Å². The molecule has 0 atom stereocenters. The third-order valence-electron chi connectivity index (χ3n) is 2.88. The van der Waals surface area contributed by atoms with Gasteiger partial charge in [0.1, 0.15) is 12.1 Å². The number of nitrogens with zero attached hydrogens (tertiary/aromatic N) is 3. The molecular weight excluding hydrogens is 246 g/mol. The van der Waals surface area contributed by atoms with Crippen LogP contribution in [0.4, 0.5) is 5.82 Å². The van der Waals surface area contributed by atoms with Crippen molar-refractivity contribution in [2.24, 2.45) is 0 Å². The molecule has 0 aliphatic heterocycles. The fourth-order valence-electron chi connectivity index (χ4n) is 1.85. The summed E-state index contributed by atoms with van der Waals surface area (Å²) in [7, 11) is 0. The van der Waals surface area contributed by atoms with E-state index >= 15 is 0 Å². The number of rotatable bonds is 4. The Labute approximate surface area is 112 Å². The first-order valence-electron chi connectivity index (χ1n) is 6.07. The van der Waals surface area contributed by atoms with E-state index in [2.05, 4.69) is 28.7 Å². The Hall–Kier alpha value is -1.61. The Kier molecular flexibility index (Phi) is 4.15. The van der Waals surface area contributed by atoms with Crippen molar-refractivity contribution in [3.05, 3.63) is 41.7 Å². The summed E-state index contributed by atoms with van der Waals surface area (Å²) in [4.78, 5) is 10.8. The van der Waals surface area contributed by atoms with Gasteiger partial charge in [0, 0.05) is 29.7 Å². The van der Waals surface area contributed by atoms with Gasteiger partial charge < -0.3 is 4.90 Å². The smallest absolute Gasteiger partial charge is 0.132 e. The van der Waals surface area contributed by atoms with Crippen molar-refractivity contribution in [1.82, 2.24) is 9.97 Å². The first-order valence-corrected chi connectivity index (χ1v) is 6.45. The predicted octanol–water partition coefficient (Wildman–Crippen LogP) is 3.64. The molecule has 3 nitrogen and oxygen atoms in total. The van der Waals surface area contributed by atoms with E-state index in [4.69, 9.17) is 11.6 Å². The lowest BCUT2D eigenvalue weighted by molar-refractivity contribution is 0.842. The van der Waals surface area contributed by atoms with Crippen molar-refractivity contribution in [1.29, 1.82) is 0 Å². The number of halogens is 1. The number of benzene rings is 1. The van der Waals surface area contributed by atoms with E-state index in [0.717, 1.165) is 35.2 Å². The molecule has 0 bridgehead atoms. The number of hydrogen-bond donors (Lipinski definition) is 0. The molecule has 1 aromatic heterocycles. The predicted molar refractivity (Wildman–Crippen MR) is 76.0 cm³/mol. The first-order chi connectivity index (χ1) is 8.74. The zero-order chi connectivity index (χ0) is 13.0. The standard InChI is InChI=1S/C14H16ClN3/c1-3-18(4-2)14-9-13(16-10-17-14)11-5-7-12(15)8-6-11/h5-10H,3-4H2,1-2H3. The molecule has 0 N–H and O–H groups in total. The van der Waals surface area contributed by atoms with Gasteiger partial charge in [-0.25, -0.2) is 9.97 Å². The van der Waals surface area contributed by atoms with Crippen molar-refractivity contribution in [3.8, 4) is 11.3 Å². The lowest BCUT2D eigenvalue weighted by Gasteiger charge is -2.19. The molecule has 94 valence electrons. The average Bonchev–Trinajstić information content (AvgIpc) is 2.41. The summed E-state index contributed by atoms with van der Waals surface area (Å²) in [6.45, 7) is 6.11. The highest BCUT2D eigenvalue weighted by Gasteiger charge is 2.06. The van der Waals surface area contributed by atoms with Crippen LogP contribution in [0.1, 0.15) is 13.8 Å². The molecule has 0 unspecified atom stereocenters. The molecule has 0 fully saturated rings. The molecule has 4 heteroatoms. The molecule has 2 aromatic rings. The molecule has 0 spiro atoms. The van der Waals surface area contributed by atoms with Gasteiger partial charge in [-0.1, -0.05) is 23.7 Å². The molecule has 0 radical (unpaired) electrons. The second-order valence-corrected chi connectivity index (χ2v) is 4.38. The number of hydrogen-bond acceptors (Lipinski definition) is 3. The van der Waals surface area contributed by atoms with Crippen LogP contribution in [-0.2, 0) is 0 Å². The highest BCUT2D eigenvalue weighted by atomic mass is 35.5. The Morgan fingerprint density at radius 1 is 1.06 bits per heavy atom. The fourth-order valence-corrected chi connectivity index (χ4v) is 1.97. The first kappa shape index (κ1) is 12.8. The van der Waals surface area contributed by atoms with Gasteiger partial charge in [-0.3, -0.25) is 0 Å². The minimum absolute atomic E-state index is 0.733. The SMILES string of the molecule is CCN(CC)c1cc(-c2ccc(Cl)cc2)ncn1. The minimum Gasteiger partial charge on any atom is -0.357 e. The summed E-state index contributed by atoms with van der Waals surface area (Å²) in [6.07, 6.45) is 1.61. The molecule has 2 rings (SSSR count). The summed E-state index contributed by atoms with van der Waals surface area (Å²) < 4.78 is 0. The van der Waals surface area contributed by atoms with Gasteiger partial charge in [0.25, 0.3) is 0 Å². The zero-order valence-electron chi connectivity index (χ0n) is 10.6. The molecule has 0 amide bonds. The normalized spacial score (nSPS) is 10.4. The maximum absolute atomic E-state index is 5.88. The van der Waals surface area contributed by atoms with Gasteiger partial charge in [-0.15, -0.1) is 0 Å². The topological polar surface area (TPSA) is 29.0 Å². The quantitative estimate of drug-likeness (QED) is 0.841. The number of anilines is 1. The second-order valence-electron chi connectivity index (χ2n) is 3.94. The van der Waals surface area contributed by atoms with Crippen molar-refractivity contribution in [3.63, 3.8) is 0 Å². The monoisotopic (exact) mass is 261 g/mol. The maximum Gasteiger partial charge on any atom is 0.132 e. The Morgan fingerprint density at radius 3 is 2.33 bits per heavy atom. The van der Waals surface area contributed by atoms with Gasteiger partial charge >= 0.3 is 0 Å². The van der Waals surface area contributed by atoms with Crippen LogP contribution in [0.3, 0.4) is 0 Å². The Bertz CT molecular complexity index is 507. The molecule has 18 heavy (non-hydrogen) atoms. The van der Waals surface area contributed by atoms with Crippen molar-refractivity contribution < 1.29 is 0 Å². The van der Waals surface area contributed by atoms with Crippen LogP contribution < -0.4 is 4.90 Å². The highest BCUT2D eigenvalue weighted by Crippen LogP contribution is 2.22. The zero-order valence-corrected chi connectivity index (χ0v) is 11.4. The highest BCUT2D eigenvalue weighted by molar-refractivity contribution is 6.30. The summed E-state index contributed by atoms with van der Waals surface area (Å²) in [5.74, 6) is 0.958. The van der Waals surface area contributed by atoms with Gasteiger partial charge in [0.2, 0.25) is 0 Å². The van der Waals surface area contributed by atoms with Crippen molar-refractivity contribution in [2.45, 2.75) is 13.8 Å². The van der Waals surface area contributed by atoms with E-state index in [1.54, 1.807) is 6.33 Å². The van der Waals surface area contributed by atoms with Crippen LogP contribution in [0.2, 0.25) is 5.02 Å². The van der Waals surface area contributed by atoms with E-state index in [1.807, 2.05) is 30.3 Å². The Morgan fingerprint density at radius 2 is 1.72 bits per heavy atom. The van der Waals surface area contributed by atoms with Crippen LogP contribution in [0, 0.1) is 0 Å². The maximum atomic E-state index is 5.88. The van der Waals surface area contributed by atoms with Gasteiger partial charge in [0.15, 0.2) is 0 Å². The van der Waals surface area contributed by atoms with Gasteiger partial charge in [0.05, 0.1) is 5.69 Å². The third-order valence-corrected chi connectivity index (χ3v) is 3.13. The summed E-state index contributed by atoms with van der Waals surface area (Å²) in [6, 6.07) is 9.69. The van der Waals surface area contributed by atoms with E-state index in [1.165, 1.54) is 0 Å². The third kappa shape index (κ3) is 2.79. The van der Waals surface area contributed by atoms with Crippen LogP contribution >= 0.6 is 11.6 Å². The van der Waals surface area contributed by atoms with Crippen molar-refractivity contribution in [2.75, 3.05) is 18.0 Å². The average molecular weight is 262 g/mol. The van der Waals surface area contributed by atoms with Crippen LogP contribution in [-0.4, -0.2) is 23.1 Å². The van der Waals surface area contributed by atoms with Crippen LogP contribution in [0.25, 0.3) is 11.3 Å². The molecule has 0 saturated heterocycles. The Balaban J connectivity index is 2.34. The molecule has 0 aliphatic carbocycles. The lowest BCUT2D eigenvalue weighted by Crippen LogP contribution is -2.22. The molecular formula is C14H16ClN3. The van der Waals surface area contributed by atoms with Crippen LogP contribution in [0.15, 0.2) is 36.7 Å². The molecule has 1 heterocycles. The molecule has 1 aromatic carbocycles. The van der Waals surface area contributed by atoms with Crippen molar-refractivity contribution >= 4 is 17.4 Å². The minimum atomic E-state index is 0.733. The fraction of sp³-hybridized carbons (Fsp3) is 0.286. The summed E-state index contributed by atoms with van der Waals surface area (Å²) >= 11 is 5.88. The number of aromatic nitrogens is 2.